The van der Waals surface area contributed by atoms with E-state index >= 15 is 0 Å². The van der Waals surface area contributed by atoms with Gasteiger partial charge in [-0.2, -0.15) is 20.5 Å². The van der Waals surface area contributed by atoms with Crippen molar-refractivity contribution in [1.29, 1.82) is 0 Å². The predicted octanol–water partition coefficient (Wildman–Crippen LogP) is 3.72. The number of thioether (sulfide) groups is 2. The Morgan fingerprint density at radius 1 is 1.39 bits per heavy atom. The molecule has 0 spiro atoms. The molecule has 1 aromatic heterocycles. The van der Waals surface area contributed by atoms with Gasteiger partial charge in [-0.05, 0) is 31.2 Å². The summed E-state index contributed by atoms with van der Waals surface area (Å²) in [4.78, 5) is 0. The first-order valence-electron chi connectivity index (χ1n) is 5.87. The van der Waals surface area contributed by atoms with E-state index in [2.05, 4.69) is 11.6 Å². The van der Waals surface area contributed by atoms with E-state index in [1.807, 2.05) is 17.8 Å². The number of furan rings is 1. The van der Waals surface area contributed by atoms with Gasteiger partial charge in [0, 0.05) is 11.3 Å². The molecule has 1 fully saturated rings. The molecular formula is C12H17F2NOS2. The third-order valence-corrected chi connectivity index (χ3v) is 5.18. The molecule has 1 heterocycles. The minimum Gasteiger partial charge on any atom is -0.464 e. The molecule has 1 saturated carbocycles. The minimum atomic E-state index is -2.34. The molecule has 0 atom stereocenters. The lowest BCUT2D eigenvalue weighted by Gasteiger charge is -2.11. The highest BCUT2D eigenvalue weighted by Crippen LogP contribution is 2.46. The standard InChI is InChI=1S/C12H17F2NOS2/c1-17-12(4-5-12)8-15-6-9-2-3-10(16-9)7-18-11(13)14/h2-3,11,15H,4-8H2,1H3. The van der Waals surface area contributed by atoms with Gasteiger partial charge in [0.15, 0.2) is 0 Å². The van der Waals surface area contributed by atoms with Crippen molar-refractivity contribution in [2.75, 3.05) is 12.8 Å². The first-order valence-corrected chi connectivity index (χ1v) is 8.14. The Kier molecular flexibility index (Phi) is 4.98. The lowest BCUT2D eigenvalue weighted by Crippen LogP contribution is -2.25. The van der Waals surface area contributed by atoms with Gasteiger partial charge in [0.05, 0.1) is 12.3 Å². The van der Waals surface area contributed by atoms with Crippen LogP contribution in [0.2, 0.25) is 0 Å². The molecule has 0 radical (unpaired) electrons. The second-order valence-electron chi connectivity index (χ2n) is 4.43. The van der Waals surface area contributed by atoms with Gasteiger partial charge in [-0.15, -0.1) is 0 Å². The van der Waals surface area contributed by atoms with Crippen LogP contribution in [-0.4, -0.2) is 23.3 Å². The van der Waals surface area contributed by atoms with Crippen LogP contribution in [0.3, 0.4) is 0 Å². The topological polar surface area (TPSA) is 25.2 Å². The molecule has 1 aliphatic rings. The molecule has 0 amide bonds. The number of rotatable bonds is 8. The average Bonchev–Trinajstić information content (AvgIpc) is 2.98. The van der Waals surface area contributed by atoms with Crippen molar-refractivity contribution in [3.63, 3.8) is 0 Å². The first-order chi connectivity index (χ1) is 8.63. The Hall–Kier alpha value is -0.200. The molecule has 6 heteroatoms. The van der Waals surface area contributed by atoms with Gasteiger partial charge in [0.1, 0.15) is 11.5 Å². The number of nitrogens with one attached hydrogen (secondary N) is 1. The molecule has 1 N–H and O–H groups in total. The summed E-state index contributed by atoms with van der Waals surface area (Å²) < 4.78 is 29.9. The maximum absolute atomic E-state index is 12.0. The third kappa shape index (κ3) is 4.17. The molecule has 18 heavy (non-hydrogen) atoms. The number of alkyl halides is 2. The highest BCUT2D eigenvalue weighted by atomic mass is 32.2. The lowest BCUT2D eigenvalue weighted by molar-refractivity contribution is 0.251. The number of hydrogen-bond acceptors (Lipinski definition) is 4. The first kappa shape index (κ1) is 14.2. The van der Waals surface area contributed by atoms with Crippen LogP contribution in [0.1, 0.15) is 24.4 Å². The van der Waals surface area contributed by atoms with Gasteiger partial charge >= 0.3 is 0 Å². The fourth-order valence-corrected chi connectivity index (χ4v) is 2.95. The predicted molar refractivity (Wildman–Crippen MR) is 73.2 cm³/mol. The van der Waals surface area contributed by atoms with Crippen LogP contribution in [-0.2, 0) is 12.3 Å². The van der Waals surface area contributed by atoms with Crippen LogP contribution >= 0.6 is 23.5 Å². The van der Waals surface area contributed by atoms with Crippen molar-refractivity contribution in [2.24, 2.45) is 0 Å². The summed E-state index contributed by atoms with van der Waals surface area (Å²) in [5.41, 5.74) is 0. The SMILES string of the molecule is CSC1(CNCc2ccc(CSC(F)F)o2)CC1. The smallest absolute Gasteiger partial charge is 0.284 e. The average molecular weight is 293 g/mol. The zero-order chi connectivity index (χ0) is 13.0. The fourth-order valence-electron chi connectivity index (χ4n) is 1.75. The molecular weight excluding hydrogens is 276 g/mol. The maximum atomic E-state index is 12.0. The van der Waals surface area contributed by atoms with Crippen molar-refractivity contribution < 1.29 is 13.2 Å². The van der Waals surface area contributed by atoms with Gasteiger partial charge in [-0.3, -0.25) is 0 Å². The number of halogens is 2. The molecule has 0 aliphatic heterocycles. The Bertz CT molecular complexity index is 380. The van der Waals surface area contributed by atoms with Crippen LogP contribution in [0, 0.1) is 0 Å². The van der Waals surface area contributed by atoms with Crippen molar-refractivity contribution >= 4 is 23.5 Å². The molecule has 2 rings (SSSR count). The second kappa shape index (κ2) is 6.30. The van der Waals surface area contributed by atoms with E-state index in [0.29, 0.717) is 28.8 Å². The van der Waals surface area contributed by atoms with Crippen molar-refractivity contribution in [2.45, 2.75) is 35.6 Å². The van der Waals surface area contributed by atoms with Crippen LogP contribution in [0.15, 0.2) is 16.5 Å². The molecule has 102 valence electrons. The van der Waals surface area contributed by atoms with E-state index < -0.39 is 5.76 Å². The maximum Gasteiger partial charge on any atom is 0.284 e. The highest BCUT2D eigenvalue weighted by molar-refractivity contribution is 8.00. The molecule has 0 bridgehead atoms. The summed E-state index contributed by atoms with van der Waals surface area (Å²) >= 11 is 2.50. The van der Waals surface area contributed by atoms with Gasteiger partial charge in [0.25, 0.3) is 5.76 Å². The van der Waals surface area contributed by atoms with Crippen LogP contribution in [0.5, 0.6) is 0 Å². The van der Waals surface area contributed by atoms with Crippen LogP contribution in [0.25, 0.3) is 0 Å². The molecule has 0 saturated heterocycles. The Labute approximate surface area is 114 Å². The van der Waals surface area contributed by atoms with E-state index in [-0.39, 0.29) is 5.75 Å². The summed E-state index contributed by atoms with van der Waals surface area (Å²) in [6.07, 6.45) is 4.69. The van der Waals surface area contributed by atoms with Gasteiger partial charge in [-0.1, -0.05) is 11.8 Å². The summed E-state index contributed by atoms with van der Waals surface area (Å²) in [5.74, 6) is -0.681. The molecule has 0 unspecified atom stereocenters. The quantitative estimate of drug-likeness (QED) is 0.790. The van der Waals surface area contributed by atoms with Crippen LogP contribution < -0.4 is 5.32 Å². The highest BCUT2D eigenvalue weighted by Gasteiger charge is 2.41. The van der Waals surface area contributed by atoms with Gasteiger partial charge in [0.2, 0.25) is 0 Å². The summed E-state index contributed by atoms with van der Waals surface area (Å²) in [6, 6.07) is 3.63. The second-order valence-corrected chi connectivity index (χ2v) is 6.68. The van der Waals surface area contributed by atoms with Crippen molar-refractivity contribution in [3.05, 3.63) is 23.7 Å². The fraction of sp³-hybridized carbons (Fsp3) is 0.667. The molecule has 1 aromatic rings. The zero-order valence-electron chi connectivity index (χ0n) is 10.2. The minimum absolute atomic E-state index is 0.229. The normalized spacial score (nSPS) is 17.3. The molecule has 1 aliphatic carbocycles. The zero-order valence-corrected chi connectivity index (χ0v) is 11.9. The monoisotopic (exact) mass is 293 g/mol. The summed E-state index contributed by atoms with van der Waals surface area (Å²) in [5, 5.41) is 3.36. The van der Waals surface area contributed by atoms with E-state index in [4.69, 9.17) is 4.42 Å². The van der Waals surface area contributed by atoms with Crippen LogP contribution in [0.4, 0.5) is 8.78 Å². The number of hydrogen-bond donors (Lipinski definition) is 1. The molecule has 0 aromatic carbocycles. The Morgan fingerprint density at radius 3 is 2.72 bits per heavy atom. The Morgan fingerprint density at radius 2 is 2.11 bits per heavy atom. The van der Waals surface area contributed by atoms with Gasteiger partial charge in [-0.25, -0.2) is 0 Å². The van der Waals surface area contributed by atoms with E-state index in [0.717, 1.165) is 12.3 Å². The third-order valence-electron chi connectivity index (χ3n) is 3.06. The van der Waals surface area contributed by atoms with E-state index in [1.54, 1.807) is 6.07 Å². The van der Waals surface area contributed by atoms with Gasteiger partial charge < -0.3 is 9.73 Å². The summed E-state index contributed by atoms with van der Waals surface area (Å²) in [6.45, 7) is 1.65. The lowest BCUT2D eigenvalue weighted by atomic mass is 10.4. The largest absolute Gasteiger partial charge is 0.464 e. The van der Waals surface area contributed by atoms with E-state index in [9.17, 15) is 8.78 Å². The van der Waals surface area contributed by atoms with Crippen molar-refractivity contribution in [1.82, 2.24) is 5.32 Å². The van der Waals surface area contributed by atoms with Crippen molar-refractivity contribution in [3.8, 4) is 0 Å². The Balaban J connectivity index is 1.70. The summed E-state index contributed by atoms with van der Waals surface area (Å²) in [7, 11) is 0. The molecule has 2 nitrogen and oxygen atoms in total. The van der Waals surface area contributed by atoms with E-state index in [1.165, 1.54) is 12.8 Å².